The maximum absolute atomic E-state index is 13.4. The second kappa shape index (κ2) is 10.9. The molecule has 0 N–H and O–H groups in total. The molecule has 1 aliphatic rings. The lowest BCUT2D eigenvalue weighted by Crippen LogP contribution is -2.15. The summed E-state index contributed by atoms with van der Waals surface area (Å²) in [6.07, 6.45) is 10.4. The van der Waals surface area contributed by atoms with E-state index >= 15 is 0 Å². The van der Waals surface area contributed by atoms with Gasteiger partial charge >= 0.3 is 0 Å². The third-order valence-corrected chi connectivity index (χ3v) is 4.67. The molecule has 6 nitrogen and oxygen atoms in total. The van der Waals surface area contributed by atoms with E-state index in [2.05, 4.69) is 6.07 Å². The summed E-state index contributed by atoms with van der Waals surface area (Å²) >= 11 is 0. The maximum Gasteiger partial charge on any atom is 0.200 e. The number of allylic oxidation sites excluding steroid dienone is 5. The molecule has 0 radical (unpaired) electrons. The molecule has 158 valence electrons. The van der Waals surface area contributed by atoms with Crippen LogP contribution in [0.1, 0.15) is 32.3 Å². The minimum Gasteiger partial charge on any atom is -0.497 e. The molecule has 0 aliphatic heterocycles. The molecular weight excluding hydrogens is 380 g/mol. The molecule has 1 aliphatic carbocycles. The van der Waals surface area contributed by atoms with Crippen LogP contribution in [0.15, 0.2) is 53.2 Å². The van der Waals surface area contributed by atoms with E-state index in [0.29, 0.717) is 47.4 Å². The molecule has 3 rings (SSSR count). The molecule has 1 aromatic carbocycles. The van der Waals surface area contributed by atoms with Crippen LogP contribution in [-0.2, 0) is 11.3 Å². The van der Waals surface area contributed by atoms with Gasteiger partial charge in [0.15, 0.2) is 0 Å². The first-order chi connectivity index (χ1) is 14.6. The number of ether oxygens (including phenoxy) is 3. The molecular formula is C24H28N2O4. The van der Waals surface area contributed by atoms with Gasteiger partial charge in [0.25, 0.3) is 0 Å². The van der Waals surface area contributed by atoms with E-state index in [1.54, 1.807) is 32.5 Å². The zero-order valence-corrected chi connectivity index (χ0v) is 18.2. The lowest BCUT2D eigenvalue weighted by Gasteiger charge is -2.16. The first-order valence-electron chi connectivity index (χ1n) is 9.91. The Bertz CT molecular complexity index is 1090. The SMILES string of the molecule is CC.COC1=CCC=C(c2cn(CCC#N)c3cc(OC)cc(OC)c3c2=O)C=C1. The second-order valence-corrected chi connectivity index (χ2v) is 6.24. The van der Waals surface area contributed by atoms with Crippen LogP contribution in [0.3, 0.4) is 0 Å². The third-order valence-electron chi connectivity index (χ3n) is 4.67. The molecule has 0 amide bonds. The third kappa shape index (κ3) is 4.74. The molecule has 1 heterocycles. The van der Waals surface area contributed by atoms with Crippen LogP contribution in [0.25, 0.3) is 16.5 Å². The number of benzene rings is 1. The number of hydrogen-bond donors (Lipinski definition) is 0. The summed E-state index contributed by atoms with van der Waals surface area (Å²) in [7, 11) is 4.71. The number of aryl methyl sites for hydroxylation is 1. The summed E-state index contributed by atoms with van der Waals surface area (Å²) in [6.45, 7) is 4.45. The van der Waals surface area contributed by atoms with Crippen LogP contribution in [0.4, 0.5) is 0 Å². The van der Waals surface area contributed by atoms with Gasteiger partial charge in [0.05, 0.1) is 44.7 Å². The number of nitrogens with zero attached hydrogens (tertiary/aromatic N) is 2. The lowest BCUT2D eigenvalue weighted by molar-refractivity contribution is 0.306. The average molecular weight is 408 g/mol. The Morgan fingerprint density at radius 2 is 1.83 bits per heavy atom. The van der Waals surface area contributed by atoms with Crippen molar-refractivity contribution in [1.29, 1.82) is 5.26 Å². The summed E-state index contributed by atoms with van der Waals surface area (Å²) in [5.74, 6) is 1.78. The highest BCUT2D eigenvalue weighted by Gasteiger charge is 2.17. The normalized spacial score (nSPS) is 12.7. The van der Waals surface area contributed by atoms with Gasteiger partial charge in [-0.3, -0.25) is 4.79 Å². The highest BCUT2D eigenvalue weighted by atomic mass is 16.5. The van der Waals surface area contributed by atoms with Crippen LogP contribution in [0.5, 0.6) is 11.5 Å². The van der Waals surface area contributed by atoms with Gasteiger partial charge in [0.1, 0.15) is 17.3 Å². The van der Waals surface area contributed by atoms with Crippen molar-refractivity contribution in [3.05, 3.63) is 64.2 Å². The van der Waals surface area contributed by atoms with Crippen LogP contribution >= 0.6 is 0 Å². The van der Waals surface area contributed by atoms with E-state index in [-0.39, 0.29) is 5.43 Å². The van der Waals surface area contributed by atoms with Crippen LogP contribution < -0.4 is 14.9 Å². The molecule has 2 aromatic rings. The van der Waals surface area contributed by atoms with Crippen molar-refractivity contribution >= 4 is 16.5 Å². The molecule has 0 fully saturated rings. The van der Waals surface area contributed by atoms with E-state index in [9.17, 15) is 4.79 Å². The van der Waals surface area contributed by atoms with Gasteiger partial charge in [-0.15, -0.1) is 0 Å². The molecule has 0 spiro atoms. The smallest absolute Gasteiger partial charge is 0.200 e. The van der Waals surface area contributed by atoms with Crippen molar-refractivity contribution in [3.8, 4) is 17.6 Å². The minimum absolute atomic E-state index is 0.125. The van der Waals surface area contributed by atoms with Crippen molar-refractivity contribution in [2.24, 2.45) is 0 Å². The van der Waals surface area contributed by atoms with E-state index in [1.165, 1.54) is 7.11 Å². The number of hydrogen-bond acceptors (Lipinski definition) is 5. The van der Waals surface area contributed by atoms with E-state index in [1.807, 2.05) is 42.7 Å². The van der Waals surface area contributed by atoms with E-state index in [0.717, 1.165) is 11.3 Å². The number of rotatable bonds is 6. The van der Waals surface area contributed by atoms with Crippen LogP contribution in [0.2, 0.25) is 0 Å². The highest BCUT2D eigenvalue weighted by Crippen LogP contribution is 2.31. The van der Waals surface area contributed by atoms with Crippen molar-refractivity contribution in [2.75, 3.05) is 21.3 Å². The number of fused-ring (bicyclic) bond motifs is 1. The summed E-state index contributed by atoms with van der Waals surface area (Å²) in [4.78, 5) is 13.4. The Labute approximate surface area is 177 Å². The summed E-state index contributed by atoms with van der Waals surface area (Å²) in [6, 6.07) is 5.65. The van der Waals surface area contributed by atoms with Gasteiger partial charge in [0, 0.05) is 30.4 Å². The van der Waals surface area contributed by atoms with Crippen LogP contribution in [-0.4, -0.2) is 25.9 Å². The highest BCUT2D eigenvalue weighted by molar-refractivity contribution is 5.91. The molecule has 0 bridgehead atoms. The number of methoxy groups -OCH3 is 3. The number of aromatic nitrogens is 1. The zero-order valence-electron chi connectivity index (χ0n) is 18.2. The van der Waals surface area contributed by atoms with Gasteiger partial charge in [-0.1, -0.05) is 26.0 Å². The molecule has 6 heteroatoms. The first kappa shape index (κ1) is 22.8. The molecule has 0 saturated carbocycles. The largest absolute Gasteiger partial charge is 0.497 e. The van der Waals surface area contributed by atoms with Gasteiger partial charge in [-0.2, -0.15) is 5.26 Å². The van der Waals surface area contributed by atoms with Gasteiger partial charge in [0.2, 0.25) is 5.43 Å². The Morgan fingerprint density at radius 3 is 2.47 bits per heavy atom. The summed E-state index contributed by atoms with van der Waals surface area (Å²) < 4.78 is 18.0. The fourth-order valence-corrected chi connectivity index (χ4v) is 3.25. The maximum atomic E-state index is 13.4. The zero-order chi connectivity index (χ0) is 22.1. The number of pyridine rings is 1. The van der Waals surface area contributed by atoms with Crippen molar-refractivity contribution in [2.45, 2.75) is 33.2 Å². The Balaban J connectivity index is 0.00000155. The first-order valence-corrected chi connectivity index (χ1v) is 9.91. The topological polar surface area (TPSA) is 73.5 Å². The average Bonchev–Trinajstić information content (AvgIpc) is 3.04. The summed E-state index contributed by atoms with van der Waals surface area (Å²) in [5, 5.41) is 9.52. The molecule has 1 aromatic heterocycles. The Kier molecular flexibility index (Phi) is 8.30. The quantitative estimate of drug-likeness (QED) is 0.684. The van der Waals surface area contributed by atoms with E-state index < -0.39 is 0 Å². The minimum atomic E-state index is -0.125. The van der Waals surface area contributed by atoms with Crippen molar-refractivity contribution in [1.82, 2.24) is 4.57 Å². The van der Waals surface area contributed by atoms with Gasteiger partial charge < -0.3 is 18.8 Å². The monoisotopic (exact) mass is 408 g/mol. The Hall–Kier alpha value is -3.46. The molecule has 0 unspecified atom stereocenters. The molecule has 0 atom stereocenters. The van der Waals surface area contributed by atoms with E-state index in [4.69, 9.17) is 19.5 Å². The predicted molar refractivity (Wildman–Crippen MR) is 120 cm³/mol. The van der Waals surface area contributed by atoms with Crippen molar-refractivity contribution in [3.63, 3.8) is 0 Å². The molecule has 0 saturated heterocycles. The number of nitriles is 1. The molecule has 30 heavy (non-hydrogen) atoms. The van der Waals surface area contributed by atoms with Crippen LogP contribution in [0, 0.1) is 11.3 Å². The Morgan fingerprint density at radius 1 is 1.07 bits per heavy atom. The second-order valence-electron chi connectivity index (χ2n) is 6.24. The fourth-order valence-electron chi connectivity index (χ4n) is 3.25. The predicted octanol–water partition coefficient (Wildman–Crippen LogP) is 4.83. The van der Waals surface area contributed by atoms with Gasteiger partial charge in [-0.25, -0.2) is 0 Å². The standard InChI is InChI=1S/C22H22N2O4.C2H6/c1-26-16-7-4-6-15(8-9-16)18-14-24(11-5-10-23)19-12-17(27-2)13-20(28-3)21(19)22(18)25;1-2/h6-9,12-14H,4-5,11H2,1-3H3;1-2H3. The van der Waals surface area contributed by atoms with Gasteiger partial charge in [-0.05, 0) is 24.1 Å². The lowest BCUT2D eigenvalue weighted by atomic mass is 10.0. The van der Waals surface area contributed by atoms with Crippen molar-refractivity contribution < 1.29 is 14.2 Å². The summed E-state index contributed by atoms with van der Waals surface area (Å²) in [5.41, 5.74) is 1.91. The fraction of sp³-hybridized carbons (Fsp3) is 0.333.